The lowest BCUT2D eigenvalue weighted by atomic mass is 10.2. The molecule has 1 N–H and O–H groups in total. The minimum absolute atomic E-state index is 0.0360. The van der Waals surface area contributed by atoms with Gasteiger partial charge in [-0.1, -0.05) is 30.3 Å². The Balaban J connectivity index is 1.52. The molecule has 1 amide bonds. The van der Waals surface area contributed by atoms with Crippen molar-refractivity contribution in [3.05, 3.63) is 65.0 Å². The third-order valence-corrected chi connectivity index (χ3v) is 3.94. The molecule has 0 spiro atoms. The van der Waals surface area contributed by atoms with Crippen LogP contribution in [0.2, 0.25) is 0 Å². The summed E-state index contributed by atoms with van der Waals surface area (Å²) in [5.41, 5.74) is 0.845. The van der Waals surface area contributed by atoms with Gasteiger partial charge in [-0.25, -0.2) is 18.0 Å². The zero-order valence-corrected chi connectivity index (χ0v) is 17.2. The number of benzene rings is 2. The zero-order valence-electron chi connectivity index (χ0n) is 17.2. The summed E-state index contributed by atoms with van der Waals surface area (Å²) >= 11 is 0. The number of halogens is 5. The fraction of sp³-hybridized carbons (Fsp3) is 0.333. The third kappa shape index (κ3) is 8.31. The fourth-order valence-corrected chi connectivity index (χ4v) is 2.32. The molecular weight excluding hydrogens is 457 g/mol. The molecule has 0 radical (unpaired) electrons. The molecule has 0 fully saturated rings. The summed E-state index contributed by atoms with van der Waals surface area (Å²) < 4.78 is 85.4. The predicted molar refractivity (Wildman–Crippen MR) is 103 cm³/mol. The van der Waals surface area contributed by atoms with Gasteiger partial charge in [-0.05, 0) is 5.56 Å². The Hall–Kier alpha value is -3.25. The van der Waals surface area contributed by atoms with E-state index in [0.29, 0.717) is 0 Å². The highest BCUT2D eigenvalue weighted by atomic mass is 19.2. The van der Waals surface area contributed by atoms with Crippen LogP contribution in [0.3, 0.4) is 0 Å². The number of nitrogens with one attached hydrogen (secondary N) is 1. The summed E-state index contributed by atoms with van der Waals surface area (Å²) in [6.45, 7) is 0.366. The summed E-state index contributed by atoms with van der Waals surface area (Å²) in [7, 11) is 0. The SMILES string of the molecule is O=C(CCOCCOCCNC(=O)OCc1ccccc1)Oc1c(F)c(F)c(F)c(F)c1F. The van der Waals surface area contributed by atoms with Gasteiger partial charge in [0, 0.05) is 6.54 Å². The van der Waals surface area contributed by atoms with E-state index >= 15 is 0 Å². The number of hydrogen-bond donors (Lipinski definition) is 1. The van der Waals surface area contributed by atoms with E-state index in [-0.39, 0.29) is 39.6 Å². The van der Waals surface area contributed by atoms with Gasteiger partial charge in [0.1, 0.15) is 6.61 Å². The highest BCUT2D eigenvalue weighted by Crippen LogP contribution is 2.29. The van der Waals surface area contributed by atoms with E-state index in [9.17, 15) is 31.5 Å². The van der Waals surface area contributed by atoms with Gasteiger partial charge in [0.05, 0.1) is 32.8 Å². The molecule has 2 rings (SSSR count). The van der Waals surface area contributed by atoms with Gasteiger partial charge in [0.15, 0.2) is 0 Å². The predicted octanol–water partition coefficient (Wildman–Crippen LogP) is 3.64. The van der Waals surface area contributed by atoms with Gasteiger partial charge in [0.2, 0.25) is 34.8 Å². The maximum absolute atomic E-state index is 13.4. The monoisotopic (exact) mass is 477 g/mol. The molecule has 2 aromatic rings. The van der Waals surface area contributed by atoms with Crippen molar-refractivity contribution >= 4 is 12.1 Å². The average molecular weight is 477 g/mol. The molecule has 2 aromatic carbocycles. The summed E-state index contributed by atoms with van der Waals surface area (Å²) in [6, 6.07) is 9.12. The standard InChI is InChI=1S/C21H20F5NO6/c22-15-16(23)18(25)20(19(26)17(15)24)33-14(28)6-8-30-10-11-31-9-7-27-21(29)32-12-13-4-2-1-3-5-13/h1-5H,6-12H2,(H,27,29). The molecule has 0 bridgehead atoms. The Bertz CT molecular complexity index is 915. The quantitative estimate of drug-likeness (QED) is 0.126. The third-order valence-electron chi connectivity index (χ3n) is 3.94. The molecule has 7 nitrogen and oxygen atoms in total. The van der Waals surface area contributed by atoms with Crippen molar-refractivity contribution in [3.63, 3.8) is 0 Å². The smallest absolute Gasteiger partial charge is 0.407 e. The number of hydrogen-bond acceptors (Lipinski definition) is 6. The van der Waals surface area contributed by atoms with Crippen LogP contribution in [0, 0.1) is 29.1 Å². The maximum atomic E-state index is 13.4. The normalized spacial score (nSPS) is 10.7. The molecule has 12 heteroatoms. The van der Waals surface area contributed by atoms with E-state index in [4.69, 9.17) is 14.2 Å². The van der Waals surface area contributed by atoms with Crippen LogP contribution >= 0.6 is 0 Å². The summed E-state index contributed by atoms with van der Waals surface area (Å²) in [6.07, 6.45) is -1.11. The van der Waals surface area contributed by atoms with Crippen molar-refractivity contribution in [2.75, 3.05) is 33.0 Å². The Morgan fingerprint density at radius 2 is 1.33 bits per heavy atom. The lowest BCUT2D eigenvalue weighted by molar-refractivity contribution is -0.136. The summed E-state index contributed by atoms with van der Waals surface area (Å²) in [5.74, 6) is -14.2. The highest BCUT2D eigenvalue weighted by Gasteiger charge is 2.28. The fourth-order valence-electron chi connectivity index (χ4n) is 2.32. The van der Waals surface area contributed by atoms with Crippen LogP contribution in [-0.4, -0.2) is 45.0 Å². The summed E-state index contributed by atoms with van der Waals surface area (Å²) in [5, 5.41) is 2.49. The molecule has 180 valence electrons. The van der Waals surface area contributed by atoms with Gasteiger partial charge in [-0.2, -0.15) is 8.78 Å². The molecular formula is C21H20F5NO6. The Morgan fingerprint density at radius 1 is 0.758 bits per heavy atom. The van der Waals surface area contributed by atoms with E-state index in [1.165, 1.54) is 0 Å². The number of esters is 1. The number of amides is 1. The van der Waals surface area contributed by atoms with Crippen molar-refractivity contribution in [2.24, 2.45) is 0 Å². The highest BCUT2D eigenvalue weighted by molar-refractivity contribution is 5.72. The molecule has 0 aliphatic heterocycles. The summed E-state index contributed by atoms with van der Waals surface area (Å²) in [4.78, 5) is 23.1. The van der Waals surface area contributed by atoms with Gasteiger partial charge in [-0.15, -0.1) is 0 Å². The van der Waals surface area contributed by atoms with E-state index in [0.717, 1.165) is 5.56 Å². The Morgan fingerprint density at radius 3 is 1.97 bits per heavy atom. The first kappa shape index (κ1) is 26.0. The second-order valence-corrected chi connectivity index (χ2v) is 6.34. The van der Waals surface area contributed by atoms with Crippen LogP contribution in [0.1, 0.15) is 12.0 Å². The minimum Gasteiger partial charge on any atom is -0.445 e. The Labute approximate surface area is 185 Å². The van der Waals surface area contributed by atoms with Crippen LogP contribution in [0.4, 0.5) is 26.7 Å². The van der Waals surface area contributed by atoms with Gasteiger partial charge in [-0.3, -0.25) is 4.79 Å². The van der Waals surface area contributed by atoms with Crippen molar-refractivity contribution in [2.45, 2.75) is 13.0 Å². The molecule has 0 aromatic heterocycles. The largest absolute Gasteiger partial charge is 0.445 e. The average Bonchev–Trinajstić information content (AvgIpc) is 2.82. The molecule has 0 saturated heterocycles. The topological polar surface area (TPSA) is 83.1 Å². The maximum Gasteiger partial charge on any atom is 0.407 e. The van der Waals surface area contributed by atoms with Gasteiger partial charge in [0.25, 0.3) is 0 Å². The van der Waals surface area contributed by atoms with Gasteiger partial charge >= 0.3 is 12.1 Å². The molecule has 0 heterocycles. The van der Waals surface area contributed by atoms with Crippen LogP contribution in [0.15, 0.2) is 30.3 Å². The second-order valence-electron chi connectivity index (χ2n) is 6.34. The van der Waals surface area contributed by atoms with Crippen LogP contribution < -0.4 is 10.1 Å². The Kier molecular flexibility index (Phi) is 10.5. The van der Waals surface area contributed by atoms with Crippen LogP contribution in [0.5, 0.6) is 5.75 Å². The molecule has 33 heavy (non-hydrogen) atoms. The number of rotatable bonds is 12. The first-order chi connectivity index (χ1) is 15.8. The second kappa shape index (κ2) is 13.3. The van der Waals surface area contributed by atoms with Crippen LogP contribution in [0.25, 0.3) is 0 Å². The zero-order chi connectivity index (χ0) is 24.2. The lowest BCUT2D eigenvalue weighted by Crippen LogP contribution is -2.28. The number of carbonyl (C=O) groups is 2. The van der Waals surface area contributed by atoms with E-state index in [2.05, 4.69) is 10.1 Å². The van der Waals surface area contributed by atoms with Crippen LogP contribution in [-0.2, 0) is 25.6 Å². The molecule has 0 saturated carbocycles. The van der Waals surface area contributed by atoms with E-state index in [1.807, 2.05) is 30.3 Å². The molecule has 0 atom stereocenters. The van der Waals surface area contributed by atoms with Crippen molar-refractivity contribution < 1.29 is 50.5 Å². The number of alkyl carbamates (subject to hydrolysis) is 1. The number of carbonyl (C=O) groups excluding carboxylic acids is 2. The van der Waals surface area contributed by atoms with E-state index in [1.54, 1.807) is 0 Å². The van der Waals surface area contributed by atoms with Crippen molar-refractivity contribution in [1.82, 2.24) is 5.32 Å². The van der Waals surface area contributed by atoms with Gasteiger partial charge < -0.3 is 24.3 Å². The first-order valence-corrected chi connectivity index (χ1v) is 9.63. The van der Waals surface area contributed by atoms with Crippen molar-refractivity contribution in [3.8, 4) is 5.75 Å². The first-order valence-electron chi connectivity index (χ1n) is 9.63. The number of ether oxygens (including phenoxy) is 4. The van der Waals surface area contributed by atoms with Crippen molar-refractivity contribution in [1.29, 1.82) is 0 Å². The molecule has 0 aliphatic rings. The molecule has 0 unspecified atom stereocenters. The lowest BCUT2D eigenvalue weighted by Gasteiger charge is -2.09. The van der Waals surface area contributed by atoms with E-state index < -0.39 is 53.3 Å². The minimum atomic E-state index is -2.35. The molecule has 0 aliphatic carbocycles.